The van der Waals surface area contributed by atoms with Crippen LogP contribution in [0.25, 0.3) is 0 Å². The quantitative estimate of drug-likeness (QED) is 0.700. The molecule has 0 heterocycles. The summed E-state index contributed by atoms with van der Waals surface area (Å²) in [7, 11) is 0. The van der Waals surface area contributed by atoms with Crippen LogP contribution in [0.1, 0.15) is 66.2 Å². The van der Waals surface area contributed by atoms with Crippen molar-refractivity contribution in [3.8, 4) is 0 Å². The molecule has 0 aromatic carbocycles. The minimum absolute atomic E-state index is 0.624. The van der Waals surface area contributed by atoms with Gasteiger partial charge in [-0.1, -0.05) is 40.5 Å². The molecule has 0 saturated heterocycles. The van der Waals surface area contributed by atoms with E-state index in [9.17, 15) is 0 Å². The Bertz CT molecular complexity index is 168. The van der Waals surface area contributed by atoms with Gasteiger partial charge in [-0.2, -0.15) is 0 Å². The van der Waals surface area contributed by atoms with Gasteiger partial charge in [0.1, 0.15) is 0 Å². The van der Waals surface area contributed by atoms with Crippen LogP contribution in [0.2, 0.25) is 0 Å². The third kappa shape index (κ3) is 3.21. The van der Waals surface area contributed by atoms with Crippen molar-refractivity contribution in [1.29, 1.82) is 0 Å². The minimum atomic E-state index is 0.624. The number of hydrogen-bond acceptors (Lipinski definition) is 1. The highest BCUT2D eigenvalue weighted by molar-refractivity contribution is 4.94. The zero-order valence-corrected chi connectivity index (χ0v) is 11.1. The zero-order chi connectivity index (χ0) is 11.3. The highest BCUT2D eigenvalue weighted by Gasteiger charge is 2.40. The first-order valence-electron chi connectivity index (χ1n) is 6.88. The van der Waals surface area contributed by atoms with Crippen LogP contribution >= 0.6 is 0 Å². The van der Waals surface area contributed by atoms with Gasteiger partial charge in [0.25, 0.3) is 0 Å². The summed E-state index contributed by atoms with van der Waals surface area (Å²) in [5, 5.41) is 3.72. The molecule has 1 aliphatic carbocycles. The Morgan fingerprint density at radius 3 is 2.13 bits per heavy atom. The van der Waals surface area contributed by atoms with Gasteiger partial charge >= 0.3 is 0 Å². The fourth-order valence-corrected chi connectivity index (χ4v) is 3.63. The standard InChI is InChI=1S/C14H29N/c1-5-13(15-6-2)14(11-12(3)4)9-7-8-10-14/h12-13,15H,5-11H2,1-4H3. The van der Waals surface area contributed by atoms with Crippen molar-refractivity contribution >= 4 is 0 Å². The van der Waals surface area contributed by atoms with Crippen LogP contribution in [0, 0.1) is 11.3 Å². The van der Waals surface area contributed by atoms with Crippen LogP contribution in [-0.2, 0) is 0 Å². The first-order chi connectivity index (χ1) is 7.14. The molecule has 1 N–H and O–H groups in total. The van der Waals surface area contributed by atoms with Crippen molar-refractivity contribution < 1.29 is 0 Å². The van der Waals surface area contributed by atoms with Crippen LogP contribution in [0.15, 0.2) is 0 Å². The van der Waals surface area contributed by atoms with Gasteiger partial charge in [0.2, 0.25) is 0 Å². The lowest BCUT2D eigenvalue weighted by Gasteiger charge is -2.39. The maximum atomic E-state index is 3.72. The predicted octanol–water partition coefficient (Wildman–Crippen LogP) is 3.98. The molecular weight excluding hydrogens is 182 g/mol. The van der Waals surface area contributed by atoms with Crippen molar-refractivity contribution in [3.05, 3.63) is 0 Å². The summed E-state index contributed by atoms with van der Waals surface area (Å²) in [6, 6.07) is 0.757. The molecule has 0 radical (unpaired) electrons. The molecule has 90 valence electrons. The molecule has 15 heavy (non-hydrogen) atoms. The highest BCUT2D eigenvalue weighted by Crippen LogP contribution is 2.46. The minimum Gasteiger partial charge on any atom is -0.314 e. The molecule has 0 spiro atoms. The normalized spacial score (nSPS) is 22.2. The van der Waals surface area contributed by atoms with Crippen LogP contribution in [0.4, 0.5) is 0 Å². The molecule has 0 bridgehead atoms. The van der Waals surface area contributed by atoms with Crippen molar-refractivity contribution in [2.45, 2.75) is 72.3 Å². The second kappa shape index (κ2) is 5.89. The first-order valence-corrected chi connectivity index (χ1v) is 6.88. The second-order valence-corrected chi connectivity index (χ2v) is 5.69. The molecule has 0 aromatic heterocycles. The van der Waals surface area contributed by atoms with Crippen LogP contribution in [0.5, 0.6) is 0 Å². The summed E-state index contributed by atoms with van der Waals surface area (Å²) in [6.45, 7) is 10.4. The molecule has 0 aromatic rings. The molecule has 1 nitrogen and oxygen atoms in total. The highest BCUT2D eigenvalue weighted by atomic mass is 14.9. The zero-order valence-electron chi connectivity index (χ0n) is 11.1. The summed E-state index contributed by atoms with van der Waals surface area (Å²) in [5.41, 5.74) is 0.624. The molecule has 0 amide bonds. The third-order valence-corrected chi connectivity index (χ3v) is 4.01. The lowest BCUT2D eigenvalue weighted by Crippen LogP contribution is -2.44. The van der Waals surface area contributed by atoms with E-state index in [-0.39, 0.29) is 0 Å². The average molecular weight is 211 g/mol. The van der Waals surface area contributed by atoms with E-state index in [1.54, 1.807) is 0 Å². The molecule has 1 atom stereocenters. The van der Waals surface area contributed by atoms with E-state index in [1.165, 1.54) is 38.5 Å². The molecule has 1 aliphatic rings. The summed E-state index contributed by atoms with van der Waals surface area (Å²) in [4.78, 5) is 0. The number of nitrogens with one attached hydrogen (secondary N) is 1. The SMILES string of the molecule is CCNC(CC)C1(CC(C)C)CCCC1. The summed E-state index contributed by atoms with van der Waals surface area (Å²) in [5.74, 6) is 0.843. The Morgan fingerprint density at radius 1 is 1.13 bits per heavy atom. The molecule has 1 fully saturated rings. The topological polar surface area (TPSA) is 12.0 Å². The number of rotatable bonds is 6. The van der Waals surface area contributed by atoms with Gasteiger partial charge in [0.05, 0.1) is 0 Å². The predicted molar refractivity (Wildman–Crippen MR) is 68.1 cm³/mol. The molecule has 0 aliphatic heterocycles. The second-order valence-electron chi connectivity index (χ2n) is 5.69. The Balaban J connectivity index is 2.69. The maximum Gasteiger partial charge on any atom is 0.0121 e. The Kier molecular flexibility index (Phi) is 5.11. The Morgan fingerprint density at radius 2 is 1.73 bits per heavy atom. The third-order valence-electron chi connectivity index (χ3n) is 4.01. The van der Waals surface area contributed by atoms with Gasteiger partial charge in [0, 0.05) is 6.04 Å². The van der Waals surface area contributed by atoms with E-state index >= 15 is 0 Å². The van der Waals surface area contributed by atoms with Crippen molar-refractivity contribution in [1.82, 2.24) is 5.32 Å². The van der Waals surface area contributed by atoms with Gasteiger partial charge in [-0.05, 0) is 43.6 Å². The fraction of sp³-hybridized carbons (Fsp3) is 1.00. The summed E-state index contributed by atoms with van der Waals surface area (Å²) >= 11 is 0. The maximum absolute atomic E-state index is 3.72. The van der Waals surface area contributed by atoms with Crippen LogP contribution < -0.4 is 5.32 Å². The molecule has 1 rings (SSSR count). The van der Waals surface area contributed by atoms with Crippen molar-refractivity contribution in [3.63, 3.8) is 0 Å². The van der Waals surface area contributed by atoms with Crippen LogP contribution in [0.3, 0.4) is 0 Å². The molecule has 1 unspecified atom stereocenters. The summed E-state index contributed by atoms with van der Waals surface area (Å²) in [6.07, 6.45) is 8.52. The van der Waals surface area contributed by atoms with Gasteiger partial charge in [-0.15, -0.1) is 0 Å². The van der Waals surface area contributed by atoms with Gasteiger partial charge < -0.3 is 5.32 Å². The molecule has 1 heteroatoms. The van der Waals surface area contributed by atoms with Gasteiger partial charge in [-0.25, -0.2) is 0 Å². The Labute approximate surface area is 96.0 Å². The van der Waals surface area contributed by atoms with E-state index in [1.807, 2.05) is 0 Å². The fourth-order valence-electron chi connectivity index (χ4n) is 3.63. The van der Waals surface area contributed by atoms with E-state index in [0.717, 1.165) is 18.5 Å². The van der Waals surface area contributed by atoms with Crippen molar-refractivity contribution in [2.75, 3.05) is 6.54 Å². The van der Waals surface area contributed by atoms with E-state index in [2.05, 4.69) is 33.0 Å². The van der Waals surface area contributed by atoms with Crippen LogP contribution in [-0.4, -0.2) is 12.6 Å². The largest absolute Gasteiger partial charge is 0.314 e. The average Bonchev–Trinajstić information content (AvgIpc) is 2.62. The smallest absolute Gasteiger partial charge is 0.0121 e. The van der Waals surface area contributed by atoms with E-state index in [4.69, 9.17) is 0 Å². The number of hydrogen-bond donors (Lipinski definition) is 1. The molecule has 1 saturated carbocycles. The van der Waals surface area contributed by atoms with Gasteiger partial charge in [0.15, 0.2) is 0 Å². The monoisotopic (exact) mass is 211 g/mol. The summed E-state index contributed by atoms with van der Waals surface area (Å²) < 4.78 is 0. The van der Waals surface area contributed by atoms with E-state index < -0.39 is 0 Å². The first kappa shape index (κ1) is 13.0. The Hall–Kier alpha value is -0.0400. The lowest BCUT2D eigenvalue weighted by molar-refractivity contribution is 0.152. The van der Waals surface area contributed by atoms with E-state index in [0.29, 0.717) is 5.41 Å². The van der Waals surface area contributed by atoms with Crippen molar-refractivity contribution in [2.24, 2.45) is 11.3 Å². The van der Waals surface area contributed by atoms with Gasteiger partial charge in [-0.3, -0.25) is 0 Å². The lowest BCUT2D eigenvalue weighted by atomic mass is 9.71. The molecular formula is C14H29N.